The molecule has 0 amide bonds. The van der Waals surface area contributed by atoms with Gasteiger partial charge in [0, 0.05) is 23.9 Å². The van der Waals surface area contributed by atoms with E-state index in [1.54, 1.807) is 12.3 Å². The molecule has 1 aliphatic rings. The van der Waals surface area contributed by atoms with Crippen molar-refractivity contribution in [2.75, 3.05) is 6.61 Å². The van der Waals surface area contributed by atoms with Crippen LogP contribution in [0.2, 0.25) is 0 Å². The van der Waals surface area contributed by atoms with E-state index in [9.17, 15) is 4.79 Å². The molecule has 8 heteroatoms. The van der Waals surface area contributed by atoms with Gasteiger partial charge in [-0.2, -0.15) is 13.8 Å². The third-order valence-corrected chi connectivity index (χ3v) is 5.34. The van der Waals surface area contributed by atoms with E-state index in [0.29, 0.717) is 18.9 Å². The van der Waals surface area contributed by atoms with E-state index in [2.05, 4.69) is 13.8 Å². The first-order valence-electron chi connectivity index (χ1n) is 8.94. The molecule has 140 valence electrons. The summed E-state index contributed by atoms with van der Waals surface area (Å²) in [7, 11) is 0. The molecule has 2 aromatic carbocycles. The van der Waals surface area contributed by atoms with Crippen LogP contribution in [0.15, 0.2) is 54.9 Å². The van der Waals surface area contributed by atoms with E-state index in [-0.39, 0.29) is 18.3 Å². The Labute approximate surface area is 164 Å². The zero-order valence-corrected chi connectivity index (χ0v) is 15.6. The van der Waals surface area contributed by atoms with Gasteiger partial charge in [-0.3, -0.25) is 9.48 Å². The predicted octanol–water partition coefficient (Wildman–Crippen LogP) is 3.41. The highest BCUT2D eigenvalue weighted by atomic mass is 32.1. The molecule has 5 rings (SSSR count). The number of aromatic nitrogens is 4. The Bertz CT molecular complexity index is 1120. The molecule has 1 aliphatic heterocycles. The smallest absolute Gasteiger partial charge is 0.312 e. The molecule has 3 heterocycles. The Morgan fingerprint density at radius 2 is 2.07 bits per heavy atom. The molecule has 7 nitrogen and oxygen atoms in total. The molecule has 2 aromatic heterocycles. The maximum Gasteiger partial charge on any atom is 0.312 e. The van der Waals surface area contributed by atoms with E-state index in [1.807, 2.05) is 47.3 Å². The number of carbonyl (C=O) groups excluding carboxylic acids is 1. The van der Waals surface area contributed by atoms with Crippen LogP contribution in [0.3, 0.4) is 0 Å². The van der Waals surface area contributed by atoms with Gasteiger partial charge in [-0.15, -0.1) is 0 Å². The highest BCUT2D eigenvalue weighted by Gasteiger charge is 2.31. The maximum atomic E-state index is 12.1. The molecule has 0 spiro atoms. The quantitative estimate of drug-likeness (QED) is 0.383. The minimum Gasteiger partial charge on any atom is -0.492 e. The number of nitrogens with zero attached hydrogens (tertiary/aromatic N) is 4. The molecule has 4 aromatic rings. The van der Waals surface area contributed by atoms with Gasteiger partial charge in [0.1, 0.15) is 29.1 Å². The second-order valence-corrected chi connectivity index (χ2v) is 7.06. The van der Waals surface area contributed by atoms with Crippen LogP contribution in [0.1, 0.15) is 23.5 Å². The summed E-state index contributed by atoms with van der Waals surface area (Å²) < 4.78 is 21.8. The van der Waals surface area contributed by atoms with Gasteiger partial charge >= 0.3 is 5.97 Å². The number of benzene rings is 2. The first-order valence-corrected chi connectivity index (χ1v) is 9.67. The molecule has 0 aliphatic carbocycles. The molecule has 0 saturated heterocycles. The summed E-state index contributed by atoms with van der Waals surface area (Å²) in [6.45, 7) is 1.22. The van der Waals surface area contributed by atoms with Gasteiger partial charge in [0.15, 0.2) is 0 Å². The topological polar surface area (TPSA) is 79.1 Å². The van der Waals surface area contributed by atoms with Crippen LogP contribution in [-0.2, 0) is 11.3 Å². The molecule has 0 N–H and O–H groups in total. The van der Waals surface area contributed by atoms with Gasteiger partial charge < -0.3 is 9.47 Å². The van der Waals surface area contributed by atoms with Crippen molar-refractivity contribution in [3.8, 4) is 11.5 Å². The van der Waals surface area contributed by atoms with Gasteiger partial charge in [-0.05, 0) is 35.9 Å². The highest BCUT2D eigenvalue weighted by Crippen LogP contribution is 2.42. The molecular weight excluding hydrogens is 376 g/mol. The summed E-state index contributed by atoms with van der Waals surface area (Å²) in [5.74, 6) is 1.01. The van der Waals surface area contributed by atoms with Crippen molar-refractivity contribution in [1.82, 2.24) is 18.5 Å². The van der Waals surface area contributed by atoms with Crippen LogP contribution in [-0.4, -0.2) is 31.1 Å². The van der Waals surface area contributed by atoms with Gasteiger partial charge in [0.05, 0.1) is 24.7 Å². The summed E-state index contributed by atoms with van der Waals surface area (Å²) >= 11 is 1.17. The lowest BCUT2D eigenvalue weighted by Crippen LogP contribution is -2.21. The molecule has 0 saturated carbocycles. The second-order valence-electron chi connectivity index (χ2n) is 6.53. The summed E-state index contributed by atoms with van der Waals surface area (Å²) in [6, 6.07) is 13.4. The van der Waals surface area contributed by atoms with Gasteiger partial charge in [0.25, 0.3) is 0 Å². The van der Waals surface area contributed by atoms with E-state index in [4.69, 9.17) is 9.47 Å². The van der Waals surface area contributed by atoms with E-state index in [0.717, 1.165) is 27.9 Å². The number of hydrogen-bond acceptors (Lipinski definition) is 7. The normalized spacial score (nSPS) is 16.0. The van der Waals surface area contributed by atoms with Gasteiger partial charge in [0.2, 0.25) is 0 Å². The lowest BCUT2D eigenvalue weighted by atomic mass is 9.85. The first-order chi connectivity index (χ1) is 13.8. The molecule has 0 fully saturated rings. The molecule has 0 radical (unpaired) electrons. The molecular formula is C20H16N4O3S. The maximum absolute atomic E-state index is 12.1. The van der Waals surface area contributed by atoms with Crippen molar-refractivity contribution in [3.63, 3.8) is 0 Å². The van der Waals surface area contributed by atoms with Crippen molar-refractivity contribution in [2.45, 2.75) is 18.9 Å². The largest absolute Gasteiger partial charge is 0.492 e. The number of rotatable bonds is 5. The second kappa shape index (κ2) is 7.05. The van der Waals surface area contributed by atoms with Gasteiger partial charge in [-0.25, -0.2) is 0 Å². The number of hydrogen-bond donors (Lipinski definition) is 0. The van der Waals surface area contributed by atoms with E-state index < -0.39 is 0 Å². The summed E-state index contributed by atoms with van der Waals surface area (Å²) in [5.41, 5.74) is 3.58. The summed E-state index contributed by atoms with van der Waals surface area (Å²) in [5, 5.41) is 4.15. The van der Waals surface area contributed by atoms with E-state index >= 15 is 0 Å². The SMILES string of the molecule is O=C1C[C@@H](c2ccc(OCCn3cccn3)cc2)c2c(ccc3nsnc23)O1. The zero-order valence-electron chi connectivity index (χ0n) is 14.8. The third-order valence-electron chi connectivity index (χ3n) is 4.80. The van der Waals surface area contributed by atoms with Crippen LogP contribution in [0, 0.1) is 0 Å². The van der Waals surface area contributed by atoms with Crippen molar-refractivity contribution in [3.05, 3.63) is 66.0 Å². The lowest BCUT2D eigenvalue weighted by Gasteiger charge is -2.25. The Balaban J connectivity index is 1.39. The Morgan fingerprint density at radius 3 is 2.89 bits per heavy atom. The number of fused-ring (bicyclic) bond motifs is 3. The zero-order chi connectivity index (χ0) is 18.9. The van der Waals surface area contributed by atoms with Crippen LogP contribution in [0.4, 0.5) is 0 Å². The minimum atomic E-state index is -0.236. The fourth-order valence-corrected chi connectivity index (χ4v) is 4.03. The fraction of sp³-hybridized carbons (Fsp3) is 0.200. The average molecular weight is 392 g/mol. The molecule has 1 atom stereocenters. The predicted molar refractivity (Wildman–Crippen MR) is 104 cm³/mol. The van der Waals surface area contributed by atoms with Crippen molar-refractivity contribution in [1.29, 1.82) is 0 Å². The highest BCUT2D eigenvalue weighted by molar-refractivity contribution is 7.00. The minimum absolute atomic E-state index is 0.109. The molecule has 28 heavy (non-hydrogen) atoms. The Hall–Kier alpha value is -3.26. The average Bonchev–Trinajstić information content (AvgIpc) is 3.39. The van der Waals surface area contributed by atoms with Crippen molar-refractivity contribution in [2.24, 2.45) is 0 Å². The summed E-state index contributed by atoms with van der Waals surface area (Å²) in [4.78, 5) is 12.1. The summed E-state index contributed by atoms with van der Waals surface area (Å²) in [6.07, 6.45) is 3.93. The standard InChI is InChI=1S/C20H16N4O3S/c25-18-12-15(19-17(27-18)7-6-16-20(19)23-28-22-16)13-2-4-14(5-3-13)26-11-10-24-9-1-8-21-24/h1-9,15H,10-12H2/t15-/m0/s1. The number of carbonyl (C=O) groups is 1. The van der Waals surface area contributed by atoms with Crippen LogP contribution >= 0.6 is 11.7 Å². The lowest BCUT2D eigenvalue weighted by molar-refractivity contribution is -0.135. The fourth-order valence-electron chi connectivity index (χ4n) is 3.48. The van der Waals surface area contributed by atoms with Crippen molar-refractivity contribution < 1.29 is 14.3 Å². The molecule has 0 unspecified atom stereocenters. The third kappa shape index (κ3) is 3.11. The van der Waals surface area contributed by atoms with E-state index in [1.165, 1.54) is 11.7 Å². The molecule has 0 bridgehead atoms. The van der Waals surface area contributed by atoms with Crippen LogP contribution in [0.25, 0.3) is 11.0 Å². The Morgan fingerprint density at radius 1 is 1.18 bits per heavy atom. The number of esters is 1. The van der Waals surface area contributed by atoms with Gasteiger partial charge in [-0.1, -0.05) is 12.1 Å². The van der Waals surface area contributed by atoms with Crippen LogP contribution in [0.5, 0.6) is 11.5 Å². The monoisotopic (exact) mass is 392 g/mol. The number of ether oxygens (including phenoxy) is 2. The van der Waals surface area contributed by atoms with Crippen molar-refractivity contribution >= 4 is 28.7 Å². The Kier molecular flexibility index (Phi) is 4.25. The van der Waals surface area contributed by atoms with Crippen LogP contribution < -0.4 is 9.47 Å². The first kappa shape index (κ1) is 16.9.